The van der Waals surface area contributed by atoms with Crippen LogP contribution >= 0.6 is 0 Å². The molecule has 0 saturated carbocycles. The lowest BCUT2D eigenvalue weighted by atomic mass is 10.2. The SMILES string of the molecule is COc1ccc(/C=C/C(=O)NCN2CCNCC2)cc1OC. The summed E-state index contributed by atoms with van der Waals surface area (Å²) in [4.78, 5) is 14.0. The Morgan fingerprint density at radius 2 is 2.00 bits per heavy atom. The van der Waals surface area contributed by atoms with Gasteiger partial charge in [0, 0.05) is 32.3 Å². The van der Waals surface area contributed by atoms with E-state index in [1.54, 1.807) is 20.3 Å². The molecular weight excluding hydrogens is 282 g/mol. The Bertz CT molecular complexity index is 525. The van der Waals surface area contributed by atoms with Crippen LogP contribution in [0, 0.1) is 0 Å². The van der Waals surface area contributed by atoms with Crippen LogP contribution in [0.3, 0.4) is 0 Å². The molecule has 6 nitrogen and oxygen atoms in total. The Morgan fingerprint density at radius 3 is 2.68 bits per heavy atom. The van der Waals surface area contributed by atoms with Gasteiger partial charge in [0.2, 0.25) is 5.91 Å². The Balaban J connectivity index is 1.86. The highest BCUT2D eigenvalue weighted by molar-refractivity contribution is 5.91. The molecule has 120 valence electrons. The van der Waals surface area contributed by atoms with Gasteiger partial charge in [0.15, 0.2) is 11.5 Å². The summed E-state index contributed by atoms with van der Waals surface area (Å²) in [7, 11) is 3.18. The van der Waals surface area contributed by atoms with Crippen LogP contribution in [-0.2, 0) is 4.79 Å². The van der Waals surface area contributed by atoms with E-state index in [1.165, 1.54) is 6.08 Å². The lowest BCUT2D eigenvalue weighted by molar-refractivity contribution is -0.117. The van der Waals surface area contributed by atoms with Gasteiger partial charge in [-0.2, -0.15) is 0 Å². The molecule has 1 aliphatic rings. The highest BCUT2D eigenvalue weighted by atomic mass is 16.5. The molecule has 1 amide bonds. The first-order chi connectivity index (χ1) is 10.7. The molecule has 1 fully saturated rings. The lowest BCUT2D eigenvalue weighted by Crippen LogP contribution is -2.47. The molecule has 1 heterocycles. The van der Waals surface area contributed by atoms with Gasteiger partial charge in [-0.25, -0.2) is 0 Å². The van der Waals surface area contributed by atoms with Crippen molar-refractivity contribution in [1.82, 2.24) is 15.5 Å². The number of hydrogen-bond acceptors (Lipinski definition) is 5. The molecule has 1 aliphatic heterocycles. The van der Waals surface area contributed by atoms with Crippen LogP contribution in [0.2, 0.25) is 0 Å². The first-order valence-electron chi connectivity index (χ1n) is 7.34. The zero-order valence-corrected chi connectivity index (χ0v) is 13.1. The molecule has 0 spiro atoms. The summed E-state index contributed by atoms with van der Waals surface area (Å²) in [5.74, 6) is 1.21. The molecule has 22 heavy (non-hydrogen) atoms. The monoisotopic (exact) mass is 305 g/mol. The number of carbonyl (C=O) groups is 1. The van der Waals surface area contributed by atoms with Gasteiger partial charge in [-0.3, -0.25) is 9.69 Å². The lowest BCUT2D eigenvalue weighted by Gasteiger charge is -2.26. The van der Waals surface area contributed by atoms with Gasteiger partial charge in [0.05, 0.1) is 20.9 Å². The van der Waals surface area contributed by atoms with Crippen LogP contribution in [0.1, 0.15) is 5.56 Å². The maximum atomic E-state index is 11.8. The molecule has 2 N–H and O–H groups in total. The van der Waals surface area contributed by atoms with Crippen LogP contribution < -0.4 is 20.1 Å². The van der Waals surface area contributed by atoms with E-state index in [4.69, 9.17) is 9.47 Å². The minimum absolute atomic E-state index is 0.103. The summed E-state index contributed by atoms with van der Waals surface area (Å²) in [5, 5.41) is 6.17. The minimum Gasteiger partial charge on any atom is -0.493 e. The highest BCUT2D eigenvalue weighted by Gasteiger charge is 2.09. The van der Waals surface area contributed by atoms with E-state index in [9.17, 15) is 4.79 Å². The van der Waals surface area contributed by atoms with E-state index >= 15 is 0 Å². The molecule has 0 bridgehead atoms. The van der Waals surface area contributed by atoms with Gasteiger partial charge in [-0.05, 0) is 23.8 Å². The topological polar surface area (TPSA) is 62.8 Å². The largest absolute Gasteiger partial charge is 0.493 e. The standard InChI is InChI=1S/C16H23N3O3/c1-21-14-5-3-13(11-15(14)22-2)4-6-16(20)18-12-19-9-7-17-8-10-19/h3-6,11,17H,7-10,12H2,1-2H3,(H,18,20)/b6-4+. The van der Waals surface area contributed by atoms with Crippen molar-refractivity contribution in [3.63, 3.8) is 0 Å². The van der Waals surface area contributed by atoms with Crippen molar-refractivity contribution in [3.05, 3.63) is 29.8 Å². The van der Waals surface area contributed by atoms with Gasteiger partial charge < -0.3 is 20.1 Å². The molecule has 0 aliphatic carbocycles. The Labute approximate surface area is 131 Å². The Hall–Kier alpha value is -2.05. The van der Waals surface area contributed by atoms with Crippen LogP contribution in [-0.4, -0.2) is 57.9 Å². The van der Waals surface area contributed by atoms with Gasteiger partial charge in [-0.1, -0.05) is 6.07 Å². The number of nitrogens with zero attached hydrogens (tertiary/aromatic N) is 1. The van der Waals surface area contributed by atoms with E-state index in [-0.39, 0.29) is 5.91 Å². The number of rotatable bonds is 6. The van der Waals surface area contributed by atoms with Gasteiger partial charge in [-0.15, -0.1) is 0 Å². The molecule has 1 aromatic carbocycles. The van der Waals surface area contributed by atoms with Crippen molar-refractivity contribution < 1.29 is 14.3 Å². The summed E-state index contributed by atoms with van der Waals surface area (Å²) in [6, 6.07) is 5.53. The molecule has 1 aromatic rings. The van der Waals surface area contributed by atoms with Crippen molar-refractivity contribution in [2.75, 3.05) is 47.1 Å². The van der Waals surface area contributed by atoms with E-state index < -0.39 is 0 Å². The Morgan fingerprint density at radius 1 is 1.27 bits per heavy atom. The van der Waals surface area contributed by atoms with Gasteiger partial charge in [0.1, 0.15) is 0 Å². The maximum absolute atomic E-state index is 11.8. The van der Waals surface area contributed by atoms with Gasteiger partial charge >= 0.3 is 0 Å². The molecule has 1 saturated heterocycles. The zero-order chi connectivity index (χ0) is 15.8. The van der Waals surface area contributed by atoms with Crippen molar-refractivity contribution in [2.45, 2.75) is 0 Å². The number of benzene rings is 1. The van der Waals surface area contributed by atoms with Crippen molar-refractivity contribution >= 4 is 12.0 Å². The summed E-state index contributed by atoms with van der Waals surface area (Å²) < 4.78 is 10.4. The molecule has 2 rings (SSSR count). The predicted molar refractivity (Wildman–Crippen MR) is 86.0 cm³/mol. The fourth-order valence-corrected chi connectivity index (χ4v) is 2.25. The second-order valence-electron chi connectivity index (χ2n) is 5.01. The smallest absolute Gasteiger partial charge is 0.245 e. The fourth-order valence-electron chi connectivity index (χ4n) is 2.25. The van der Waals surface area contributed by atoms with E-state index in [0.717, 1.165) is 31.7 Å². The highest BCUT2D eigenvalue weighted by Crippen LogP contribution is 2.27. The molecule has 6 heteroatoms. The molecule has 0 aromatic heterocycles. The third kappa shape index (κ3) is 4.75. The van der Waals surface area contributed by atoms with Crippen LogP contribution in [0.15, 0.2) is 24.3 Å². The average molecular weight is 305 g/mol. The number of hydrogen-bond donors (Lipinski definition) is 2. The van der Waals surface area contributed by atoms with E-state index in [2.05, 4.69) is 15.5 Å². The predicted octanol–water partition coefficient (Wildman–Crippen LogP) is 0.696. The summed E-state index contributed by atoms with van der Waals surface area (Å²) >= 11 is 0. The summed E-state index contributed by atoms with van der Waals surface area (Å²) in [6.07, 6.45) is 3.29. The zero-order valence-electron chi connectivity index (χ0n) is 13.1. The van der Waals surface area contributed by atoms with Crippen molar-refractivity contribution in [1.29, 1.82) is 0 Å². The molecule has 0 atom stereocenters. The van der Waals surface area contributed by atoms with Crippen LogP contribution in [0.25, 0.3) is 6.08 Å². The van der Waals surface area contributed by atoms with Crippen LogP contribution in [0.4, 0.5) is 0 Å². The summed E-state index contributed by atoms with van der Waals surface area (Å²) in [5.41, 5.74) is 0.884. The number of amides is 1. The number of carbonyl (C=O) groups excluding carboxylic acids is 1. The molecule has 0 radical (unpaired) electrons. The van der Waals surface area contributed by atoms with E-state index in [0.29, 0.717) is 18.2 Å². The second-order valence-corrected chi connectivity index (χ2v) is 5.01. The third-order valence-corrected chi connectivity index (χ3v) is 3.52. The summed E-state index contributed by atoms with van der Waals surface area (Å²) in [6.45, 7) is 4.44. The quantitative estimate of drug-likeness (QED) is 0.758. The van der Waals surface area contributed by atoms with E-state index in [1.807, 2.05) is 18.2 Å². The van der Waals surface area contributed by atoms with Crippen molar-refractivity contribution in [2.24, 2.45) is 0 Å². The number of piperazine rings is 1. The molecule has 0 unspecified atom stereocenters. The van der Waals surface area contributed by atoms with Crippen molar-refractivity contribution in [3.8, 4) is 11.5 Å². The first kappa shape index (κ1) is 16.3. The minimum atomic E-state index is -0.103. The second kappa shape index (κ2) is 8.41. The number of ether oxygens (including phenoxy) is 2. The number of nitrogens with one attached hydrogen (secondary N) is 2. The fraction of sp³-hybridized carbons (Fsp3) is 0.438. The molecular formula is C16H23N3O3. The number of methoxy groups -OCH3 is 2. The third-order valence-electron chi connectivity index (χ3n) is 3.52. The Kier molecular flexibility index (Phi) is 6.24. The van der Waals surface area contributed by atoms with Gasteiger partial charge in [0.25, 0.3) is 0 Å². The maximum Gasteiger partial charge on any atom is 0.245 e. The first-order valence-corrected chi connectivity index (χ1v) is 7.34. The van der Waals surface area contributed by atoms with Crippen LogP contribution in [0.5, 0.6) is 11.5 Å². The average Bonchev–Trinajstić information content (AvgIpc) is 2.58. The normalized spacial score (nSPS) is 15.7.